The first-order valence-electron chi connectivity index (χ1n) is 5.42. The van der Waals surface area contributed by atoms with Crippen molar-refractivity contribution in [2.45, 2.75) is 6.10 Å². The van der Waals surface area contributed by atoms with Gasteiger partial charge in [0, 0.05) is 7.11 Å². The summed E-state index contributed by atoms with van der Waals surface area (Å²) in [5.74, 6) is 0.772. The zero-order valence-corrected chi connectivity index (χ0v) is 9.67. The summed E-state index contributed by atoms with van der Waals surface area (Å²) in [4.78, 5) is 12.9. The molecule has 0 radical (unpaired) electrons. The van der Waals surface area contributed by atoms with Crippen LogP contribution in [-0.2, 0) is 9.47 Å². The van der Waals surface area contributed by atoms with Gasteiger partial charge >= 0.3 is 6.09 Å². The van der Waals surface area contributed by atoms with E-state index in [1.165, 1.54) is 4.90 Å². The molecular weight excluding hydrogens is 222 g/mol. The van der Waals surface area contributed by atoms with Gasteiger partial charge in [0.05, 0.1) is 6.54 Å². The van der Waals surface area contributed by atoms with Crippen molar-refractivity contribution in [3.8, 4) is 5.75 Å². The highest BCUT2D eigenvalue weighted by Crippen LogP contribution is 2.14. The number of hydrogen-bond acceptors (Lipinski definition) is 4. The van der Waals surface area contributed by atoms with Crippen LogP contribution < -0.4 is 4.74 Å². The second kappa shape index (κ2) is 5.54. The molecule has 1 aromatic carbocycles. The second-order valence-electron chi connectivity index (χ2n) is 3.77. The highest BCUT2D eigenvalue weighted by Gasteiger charge is 2.31. The molecule has 5 nitrogen and oxygen atoms in total. The second-order valence-corrected chi connectivity index (χ2v) is 3.77. The first-order valence-corrected chi connectivity index (χ1v) is 5.42. The maximum atomic E-state index is 11.4. The number of benzene rings is 1. The fourth-order valence-electron chi connectivity index (χ4n) is 1.63. The van der Waals surface area contributed by atoms with Gasteiger partial charge in [0.2, 0.25) is 0 Å². The minimum absolute atomic E-state index is 0.238. The lowest BCUT2D eigenvalue weighted by atomic mass is 10.3. The molecule has 1 atom stereocenters. The van der Waals surface area contributed by atoms with Crippen LogP contribution in [0.15, 0.2) is 30.3 Å². The Morgan fingerprint density at radius 1 is 1.41 bits per heavy atom. The highest BCUT2D eigenvalue weighted by atomic mass is 16.6. The molecule has 1 aliphatic rings. The maximum Gasteiger partial charge on any atom is 0.412 e. The van der Waals surface area contributed by atoms with Gasteiger partial charge in [0.25, 0.3) is 0 Å². The third-order valence-electron chi connectivity index (χ3n) is 2.41. The number of amides is 1. The lowest BCUT2D eigenvalue weighted by molar-refractivity contribution is 0.0827. The Morgan fingerprint density at radius 2 is 2.18 bits per heavy atom. The van der Waals surface area contributed by atoms with Gasteiger partial charge in [0.1, 0.15) is 19.1 Å². The zero-order valence-electron chi connectivity index (χ0n) is 9.67. The van der Waals surface area contributed by atoms with Crippen molar-refractivity contribution in [2.24, 2.45) is 0 Å². The zero-order chi connectivity index (χ0) is 12.1. The normalized spacial score (nSPS) is 19.2. The molecule has 0 bridgehead atoms. The van der Waals surface area contributed by atoms with Gasteiger partial charge < -0.3 is 14.2 Å². The Bertz CT molecular complexity index is 368. The summed E-state index contributed by atoms with van der Waals surface area (Å²) in [7, 11) is 1.54. The van der Waals surface area contributed by atoms with E-state index in [9.17, 15) is 4.79 Å². The SMILES string of the molecule is COCN1CC(COc2ccccc2)OC1=O. The van der Waals surface area contributed by atoms with E-state index in [-0.39, 0.29) is 18.9 Å². The van der Waals surface area contributed by atoms with Gasteiger partial charge in [-0.3, -0.25) is 4.90 Å². The van der Waals surface area contributed by atoms with E-state index < -0.39 is 0 Å². The van der Waals surface area contributed by atoms with E-state index in [4.69, 9.17) is 14.2 Å². The molecule has 0 saturated carbocycles. The molecule has 1 unspecified atom stereocenters. The molecule has 5 heteroatoms. The Labute approximate surface area is 99.9 Å². The molecule has 2 rings (SSSR count). The summed E-state index contributed by atoms with van der Waals surface area (Å²) >= 11 is 0. The minimum atomic E-state index is -0.353. The standard InChI is InChI=1S/C12H15NO4/c1-15-9-13-7-11(17-12(13)14)8-16-10-5-3-2-4-6-10/h2-6,11H,7-9H2,1H3. The number of nitrogens with zero attached hydrogens (tertiary/aromatic N) is 1. The topological polar surface area (TPSA) is 48.0 Å². The van der Waals surface area contributed by atoms with Crippen LogP contribution in [0.5, 0.6) is 5.75 Å². The lowest BCUT2D eigenvalue weighted by Crippen LogP contribution is -2.28. The van der Waals surface area contributed by atoms with Gasteiger partial charge in [0.15, 0.2) is 6.10 Å². The Balaban J connectivity index is 1.80. The molecular formula is C12H15NO4. The molecule has 17 heavy (non-hydrogen) atoms. The average Bonchev–Trinajstić information content (AvgIpc) is 2.70. The Morgan fingerprint density at radius 3 is 2.88 bits per heavy atom. The Kier molecular flexibility index (Phi) is 3.82. The van der Waals surface area contributed by atoms with E-state index in [0.717, 1.165) is 5.75 Å². The summed E-state index contributed by atoms with van der Waals surface area (Å²) in [6, 6.07) is 9.44. The first kappa shape index (κ1) is 11.7. The van der Waals surface area contributed by atoms with Crippen LogP contribution in [-0.4, -0.2) is 44.1 Å². The summed E-state index contributed by atoms with van der Waals surface area (Å²) in [6.45, 7) is 1.11. The van der Waals surface area contributed by atoms with Gasteiger partial charge in [-0.1, -0.05) is 18.2 Å². The number of rotatable bonds is 5. The maximum absolute atomic E-state index is 11.4. The van der Waals surface area contributed by atoms with E-state index in [0.29, 0.717) is 13.2 Å². The highest BCUT2D eigenvalue weighted by molar-refractivity contribution is 5.69. The summed E-state index contributed by atoms with van der Waals surface area (Å²) in [5, 5.41) is 0. The van der Waals surface area contributed by atoms with Gasteiger partial charge in [-0.15, -0.1) is 0 Å². The van der Waals surface area contributed by atoms with Crippen LogP contribution in [0, 0.1) is 0 Å². The molecule has 92 valence electrons. The number of methoxy groups -OCH3 is 1. The lowest BCUT2D eigenvalue weighted by Gasteiger charge is -2.11. The quantitative estimate of drug-likeness (QED) is 0.778. The van der Waals surface area contributed by atoms with Crippen molar-refractivity contribution in [2.75, 3.05) is 27.0 Å². The fraction of sp³-hybridized carbons (Fsp3) is 0.417. The first-order chi connectivity index (χ1) is 8.29. The van der Waals surface area contributed by atoms with Gasteiger partial charge in [-0.25, -0.2) is 4.79 Å². The van der Waals surface area contributed by atoms with Crippen LogP contribution in [0.3, 0.4) is 0 Å². The van der Waals surface area contributed by atoms with Gasteiger partial charge in [-0.05, 0) is 12.1 Å². The van der Waals surface area contributed by atoms with Crippen LogP contribution >= 0.6 is 0 Å². The number of para-hydroxylation sites is 1. The third kappa shape index (κ3) is 3.10. The monoisotopic (exact) mass is 237 g/mol. The van der Waals surface area contributed by atoms with Crippen LogP contribution in [0.2, 0.25) is 0 Å². The Hall–Kier alpha value is -1.75. The molecule has 0 aliphatic carbocycles. The molecule has 0 N–H and O–H groups in total. The number of cyclic esters (lactones) is 1. The number of hydrogen-bond donors (Lipinski definition) is 0. The summed E-state index contributed by atoms with van der Waals surface area (Å²) in [5.41, 5.74) is 0. The molecule has 1 heterocycles. The van der Waals surface area contributed by atoms with E-state index in [1.807, 2.05) is 30.3 Å². The molecule has 0 aromatic heterocycles. The number of carbonyl (C=O) groups excluding carboxylic acids is 1. The van der Waals surface area contributed by atoms with Crippen LogP contribution in [0.1, 0.15) is 0 Å². The van der Waals surface area contributed by atoms with Crippen molar-refractivity contribution < 1.29 is 19.0 Å². The van der Waals surface area contributed by atoms with E-state index in [1.54, 1.807) is 7.11 Å². The fourth-order valence-corrected chi connectivity index (χ4v) is 1.63. The minimum Gasteiger partial charge on any atom is -0.490 e. The van der Waals surface area contributed by atoms with E-state index >= 15 is 0 Å². The van der Waals surface area contributed by atoms with Crippen LogP contribution in [0.25, 0.3) is 0 Å². The van der Waals surface area contributed by atoms with Crippen molar-refractivity contribution in [1.82, 2.24) is 4.90 Å². The summed E-state index contributed by atoms with van der Waals surface area (Å²) < 4.78 is 15.5. The van der Waals surface area contributed by atoms with Crippen molar-refractivity contribution in [1.29, 1.82) is 0 Å². The van der Waals surface area contributed by atoms with Crippen molar-refractivity contribution in [3.63, 3.8) is 0 Å². The number of ether oxygens (including phenoxy) is 3. The smallest absolute Gasteiger partial charge is 0.412 e. The summed E-state index contributed by atoms with van der Waals surface area (Å²) in [6.07, 6.45) is -0.591. The van der Waals surface area contributed by atoms with Crippen molar-refractivity contribution in [3.05, 3.63) is 30.3 Å². The molecule has 0 spiro atoms. The molecule has 1 aromatic rings. The average molecular weight is 237 g/mol. The van der Waals surface area contributed by atoms with Gasteiger partial charge in [-0.2, -0.15) is 0 Å². The molecule has 1 fully saturated rings. The predicted molar refractivity (Wildman–Crippen MR) is 60.8 cm³/mol. The molecule has 1 amide bonds. The predicted octanol–water partition coefficient (Wildman–Crippen LogP) is 1.49. The van der Waals surface area contributed by atoms with E-state index in [2.05, 4.69) is 0 Å². The van der Waals surface area contributed by atoms with Crippen LogP contribution in [0.4, 0.5) is 4.79 Å². The molecule has 1 aliphatic heterocycles. The third-order valence-corrected chi connectivity index (χ3v) is 2.41. The van der Waals surface area contributed by atoms with Crippen molar-refractivity contribution >= 4 is 6.09 Å². The number of carbonyl (C=O) groups is 1. The largest absolute Gasteiger partial charge is 0.490 e. The molecule has 1 saturated heterocycles.